The van der Waals surface area contributed by atoms with E-state index in [1.54, 1.807) is 0 Å². The van der Waals surface area contributed by atoms with Gasteiger partial charge < -0.3 is 5.73 Å². The lowest BCUT2D eigenvalue weighted by Gasteiger charge is -2.42. The van der Waals surface area contributed by atoms with E-state index >= 15 is 0 Å². The van der Waals surface area contributed by atoms with Crippen molar-refractivity contribution >= 4 is 0 Å². The molecule has 1 saturated heterocycles. The van der Waals surface area contributed by atoms with Gasteiger partial charge in [0.05, 0.1) is 6.04 Å². The second-order valence-electron chi connectivity index (χ2n) is 5.44. The molecular weight excluding hydrogens is 196 g/mol. The molecule has 2 N–H and O–H groups in total. The highest BCUT2D eigenvalue weighted by atomic mass is 15.2. The molecule has 1 aliphatic carbocycles. The largest absolute Gasteiger partial charge is 0.323 e. The first-order valence-corrected chi connectivity index (χ1v) is 6.29. The average Bonchev–Trinajstić information content (AvgIpc) is 2.93. The van der Waals surface area contributed by atoms with Gasteiger partial charge in [-0.25, -0.2) is 0 Å². The van der Waals surface area contributed by atoms with Gasteiger partial charge in [0.2, 0.25) is 0 Å². The summed E-state index contributed by atoms with van der Waals surface area (Å²) < 4.78 is 0. The summed E-state index contributed by atoms with van der Waals surface area (Å²) in [4.78, 5) is 2.54. The van der Waals surface area contributed by atoms with Crippen LogP contribution >= 0.6 is 0 Å². The van der Waals surface area contributed by atoms with Crippen LogP contribution in [0.15, 0.2) is 24.3 Å². The second-order valence-corrected chi connectivity index (χ2v) is 5.44. The lowest BCUT2D eigenvalue weighted by molar-refractivity contribution is 0.0931. The number of benzene rings is 1. The normalized spacial score (nSPS) is 24.9. The zero-order chi connectivity index (χ0) is 11.2. The molecule has 16 heavy (non-hydrogen) atoms. The number of nitrogens with two attached hydrogens (primary N) is 1. The Hall–Kier alpha value is -0.860. The number of likely N-dealkylation sites (tertiary alicyclic amines) is 1. The molecule has 3 rings (SSSR count). The smallest absolute Gasteiger partial charge is 0.0528 e. The SMILES string of the molecule is Cc1ccc(C(N2CCC2)C2(N)CC2)cc1. The third-order valence-electron chi connectivity index (χ3n) is 4.02. The predicted octanol–water partition coefficient (Wildman–Crippen LogP) is 2.23. The van der Waals surface area contributed by atoms with Gasteiger partial charge in [-0.1, -0.05) is 29.8 Å². The molecule has 1 heterocycles. The van der Waals surface area contributed by atoms with Crippen molar-refractivity contribution in [3.8, 4) is 0 Å². The van der Waals surface area contributed by atoms with Gasteiger partial charge in [-0.3, -0.25) is 4.90 Å². The van der Waals surface area contributed by atoms with E-state index in [0.717, 1.165) is 0 Å². The minimum atomic E-state index is 0.0652. The highest BCUT2D eigenvalue weighted by molar-refractivity contribution is 5.30. The summed E-state index contributed by atoms with van der Waals surface area (Å²) in [5.74, 6) is 0. The third kappa shape index (κ3) is 1.66. The molecular formula is C14H20N2. The van der Waals surface area contributed by atoms with E-state index in [-0.39, 0.29) is 5.54 Å². The fourth-order valence-electron chi connectivity index (χ4n) is 2.67. The lowest BCUT2D eigenvalue weighted by Crippen LogP contribution is -2.49. The Bertz CT molecular complexity index is 374. The molecule has 0 aromatic heterocycles. The Kier molecular flexibility index (Phi) is 2.30. The van der Waals surface area contributed by atoms with Gasteiger partial charge >= 0.3 is 0 Å². The molecule has 1 aromatic rings. The predicted molar refractivity (Wildman–Crippen MR) is 66.3 cm³/mol. The summed E-state index contributed by atoms with van der Waals surface area (Å²) in [7, 11) is 0. The first-order chi connectivity index (χ1) is 7.69. The Labute approximate surface area is 97.4 Å². The van der Waals surface area contributed by atoms with Gasteiger partial charge in [-0.05, 0) is 31.7 Å². The maximum Gasteiger partial charge on any atom is 0.0528 e. The molecule has 2 aliphatic rings. The van der Waals surface area contributed by atoms with Crippen molar-refractivity contribution in [2.75, 3.05) is 13.1 Å². The number of hydrogen-bond donors (Lipinski definition) is 1. The van der Waals surface area contributed by atoms with Crippen LogP contribution < -0.4 is 5.73 Å². The van der Waals surface area contributed by atoms with Crippen LogP contribution in [-0.2, 0) is 0 Å². The molecule has 1 unspecified atom stereocenters. The number of nitrogens with zero attached hydrogens (tertiary/aromatic N) is 1. The molecule has 0 radical (unpaired) electrons. The van der Waals surface area contributed by atoms with E-state index in [4.69, 9.17) is 5.73 Å². The summed E-state index contributed by atoms with van der Waals surface area (Å²) in [6.45, 7) is 4.58. The maximum absolute atomic E-state index is 6.43. The van der Waals surface area contributed by atoms with E-state index in [1.807, 2.05) is 0 Å². The van der Waals surface area contributed by atoms with E-state index in [0.29, 0.717) is 6.04 Å². The summed E-state index contributed by atoms with van der Waals surface area (Å²) in [5, 5.41) is 0. The van der Waals surface area contributed by atoms with Gasteiger partial charge in [-0.2, -0.15) is 0 Å². The first-order valence-electron chi connectivity index (χ1n) is 6.29. The Morgan fingerprint density at radius 2 is 1.81 bits per heavy atom. The number of hydrogen-bond acceptors (Lipinski definition) is 2. The molecule has 2 nitrogen and oxygen atoms in total. The van der Waals surface area contributed by atoms with Gasteiger partial charge in [0.15, 0.2) is 0 Å². The van der Waals surface area contributed by atoms with E-state index < -0.39 is 0 Å². The average molecular weight is 216 g/mol. The fraction of sp³-hybridized carbons (Fsp3) is 0.571. The monoisotopic (exact) mass is 216 g/mol. The van der Waals surface area contributed by atoms with Crippen molar-refractivity contribution in [2.45, 2.75) is 37.8 Å². The Morgan fingerprint density at radius 3 is 2.25 bits per heavy atom. The summed E-state index contributed by atoms with van der Waals surface area (Å²) >= 11 is 0. The van der Waals surface area contributed by atoms with Crippen molar-refractivity contribution in [3.63, 3.8) is 0 Å². The van der Waals surface area contributed by atoms with Gasteiger partial charge in [0.25, 0.3) is 0 Å². The zero-order valence-electron chi connectivity index (χ0n) is 9.95. The standard InChI is InChI=1S/C14H20N2/c1-11-3-5-12(6-4-11)13(14(15)7-8-14)16-9-2-10-16/h3-6,13H,2,7-10,15H2,1H3. The van der Waals surface area contributed by atoms with E-state index in [1.165, 1.54) is 43.5 Å². The molecule has 0 spiro atoms. The van der Waals surface area contributed by atoms with Crippen LogP contribution in [-0.4, -0.2) is 23.5 Å². The minimum Gasteiger partial charge on any atom is -0.323 e. The molecule has 2 heteroatoms. The van der Waals surface area contributed by atoms with Crippen molar-refractivity contribution in [3.05, 3.63) is 35.4 Å². The van der Waals surface area contributed by atoms with Gasteiger partial charge in [0, 0.05) is 18.6 Å². The zero-order valence-corrected chi connectivity index (χ0v) is 9.95. The maximum atomic E-state index is 6.43. The van der Waals surface area contributed by atoms with Crippen LogP contribution in [0.25, 0.3) is 0 Å². The van der Waals surface area contributed by atoms with Crippen LogP contribution in [0.2, 0.25) is 0 Å². The van der Waals surface area contributed by atoms with Crippen molar-refractivity contribution in [1.29, 1.82) is 0 Å². The summed E-state index contributed by atoms with van der Waals surface area (Å²) in [6, 6.07) is 9.37. The van der Waals surface area contributed by atoms with Crippen LogP contribution in [0.3, 0.4) is 0 Å². The molecule has 1 aliphatic heterocycles. The highest BCUT2D eigenvalue weighted by Gasteiger charge is 2.49. The topological polar surface area (TPSA) is 29.3 Å². The Balaban J connectivity index is 1.89. The van der Waals surface area contributed by atoms with E-state index in [9.17, 15) is 0 Å². The van der Waals surface area contributed by atoms with Crippen LogP contribution in [0.4, 0.5) is 0 Å². The molecule has 1 saturated carbocycles. The fourth-order valence-corrected chi connectivity index (χ4v) is 2.67. The summed E-state index contributed by atoms with van der Waals surface area (Å²) in [6.07, 6.45) is 3.70. The third-order valence-corrected chi connectivity index (χ3v) is 4.02. The minimum absolute atomic E-state index is 0.0652. The number of aryl methyl sites for hydroxylation is 1. The first kappa shape index (κ1) is 10.3. The molecule has 1 atom stereocenters. The van der Waals surface area contributed by atoms with Gasteiger partial charge in [-0.15, -0.1) is 0 Å². The quantitative estimate of drug-likeness (QED) is 0.839. The van der Waals surface area contributed by atoms with Crippen molar-refractivity contribution < 1.29 is 0 Å². The highest BCUT2D eigenvalue weighted by Crippen LogP contribution is 2.48. The molecule has 2 fully saturated rings. The molecule has 0 amide bonds. The lowest BCUT2D eigenvalue weighted by atomic mass is 9.93. The van der Waals surface area contributed by atoms with Crippen LogP contribution in [0.1, 0.15) is 36.4 Å². The molecule has 1 aromatic carbocycles. The van der Waals surface area contributed by atoms with Crippen molar-refractivity contribution in [1.82, 2.24) is 4.90 Å². The Morgan fingerprint density at radius 1 is 1.19 bits per heavy atom. The molecule has 86 valence electrons. The van der Waals surface area contributed by atoms with Crippen LogP contribution in [0, 0.1) is 6.92 Å². The van der Waals surface area contributed by atoms with Crippen LogP contribution in [0.5, 0.6) is 0 Å². The van der Waals surface area contributed by atoms with Gasteiger partial charge in [0.1, 0.15) is 0 Å². The van der Waals surface area contributed by atoms with Crippen molar-refractivity contribution in [2.24, 2.45) is 5.73 Å². The second kappa shape index (κ2) is 3.57. The van der Waals surface area contributed by atoms with E-state index in [2.05, 4.69) is 36.1 Å². The number of rotatable bonds is 3. The summed E-state index contributed by atoms with van der Waals surface area (Å²) in [5.41, 5.74) is 9.23. The molecule has 0 bridgehead atoms.